The lowest BCUT2D eigenvalue weighted by Gasteiger charge is -2.25. The minimum Gasteiger partial charge on any atom is -0.444 e. The van der Waals surface area contributed by atoms with Crippen molar-refractivity contribution in [3.8, 4) is 5.75 Å². The molecule has 2 aromatic carbocycles. The van der Waals surface area contributed by atoms with Crippen LogP contribution in [0.15, 0.2) is 54.6 Å². The van der Waals surface area contributed by atoms with Crippen molar-refractivity contribution in [2.75, 3.05) is 13.1 Å². The number of carbonyl (C=O) groups is 8. The van der Waals surface area contributed by atoms with E-state index in [1.165, 1.54) is 12.1 Å². The first kappa shape index (κ1) is 45.2. The molecule has 3 rings (SSSR count). The van der Waals surface area contributed by atoms with E-state index in [-0.39, 0.29) is 38.0 Å². The number of nitrogens with one attached hydrogen (secondary N) is 6. The molecule has 1 heterocycles. The zero-order valence-electron chi connectivity index (χ0n) is 33.0. The van der Waals surface area contributed by atoms with Gasteiger partial charge in [0.05, 0.1) is 13.0 Å². The summed E-state index contributed by atoms with van der Waals surface area (Å²) in [5.41, 5.74) is 4.90. The standard InChI is InChI=1S/C39H53N7O11/c1-38(2,3)56-36(53)46-28(20-24-14-16-25(17-15-24)55-37(54)57-39(4,5)6)35(52)44-26-13-10-18-41-33(50)29(21-30(40)47)45-34(51)27(19-23-11-8-7-9-12-23)43-31(48)22-42-32(26)49/h7-9,11-12,14-17,26-29H,10,13,18-22H2,1-6H3,(H2,40,47)(H,41,50)(H,42,49)(H,43,48)(H,44,52)(H,45,51)(H,46,53)/t26-,27+,28+,29+/m1/s1. The lowest BCUT2D eigenvalue weighted by molar-refractivity contribution is -0.133. The number of ether oxygens (including phenoxy) is 3. The van der Waals surface area contributed by atoms with E-state index in [1.54, 1.807) is 84.0 Å². The second kappa shape index (κ2) is 20.6. The van der Waals surface area contributed by atoms with Crippen LogP contribution in [0.3, 0.4) is 0 Å². The van der Waals surface area contributed by atoms with Crippen LogP contribution in [0.5, 0.6) is 5.75 Å². The van der Waals surface area contributed by atoms with Crippen molar-refractivity contribution in [2.45, 2.75) is 109 Å². The number of amides is 7. The van der Waals surface area contributed by atoms with Gasteiger partial charge in [-0.3, -0.25) is 28.8 Å². The average Bonchev–Trinajstić information content (AvgIpc) is 3.10. The first-order chi connectivity index (χ1) is 26.7. The third-order valence-corrected chi connectivity index (χ3v) is 7.96. The van der Waals surface area contributed by atoms with Crippen molar-refractivity contribution in [3.63, 3.8) is 0 Å². The van der Waals surface area contributed by atoms with Gasteiger partial charge in [-0.15, -0.1) is 0 Å². The Morgan fingerprint density at radius 2 is 1.44 bits per heavy atom. The first-order valence-corrected chi connectivity index (χ1v) is 18.4. The van der Waals surface area contributed by atoms with Gasteiger partial charge >= 0.3 is 12.2 Å². The second-order valence-electron chi connectivity index (χ2n) is 15.4. The fourth-order valence-corrected chi connectivity index (χ4v) is 5.42. The van der Waals surface area contributed by atoms with Crippen molar-refractivity contribution in [2.24, 2.45) is 5.73 Å². The lowest BCUT2D eigenvalue weighted by atomic mass is 10.0. The predicted molar refractivity (Wildman–Crippen MR) is 205 cm³/mol. The molecule has 8 N–H and O–H groups in total. The Hall–Kier alpha value is -6.20. The van der Waals surface area contributed by atoms with Crippen LogP contribution < -0.4 is 42.4 Å². The van der Waals surface area contributed by atoms with Crippen molar-refractivity contribution in [1.82, 2.24) is 31.9 Å². The summed E-state index contributed by atoms with van der Waals surface area (Å²) < 4.78 is 15.8. The molecular weight excluding hydrogens is 742 g/mol. The molecular formula is C39H53N7O11. The van der Waals surface area contributed by atoms with E-state index in [9.17, 15) is 38.4 Å². The summed E-state index contributed by atoms with van der Waals surface area (Å²) in [6.07, 6.45) is -2.33. The van der Waals surface area contributed by atoms with E-state index in [4.69, 9.17) is 19.9 Å². The van der Waals surface area contributed by atoms with Crippen molar-refractivity contribution < 1.29 is 52.6 Å². The summed E-state index contributed by atoms with van der Waals surface area (Å²) in [7, 11) is 0. The third kappa shape index (κ3) is 17.0. The molecule has 0 aromatic heterocycles. The quantitative estimate of drug-likeness (QED) is 0.132. The van der Waals surface area contributed by atoms with E-state index < -0.39 is 96.0 Å². The van der Waals surface area contributed by atoms with Crippen LogP contribution in [0.4, 0.5) is 9.59 Å². The number of nitrogens with two attached hydrogens (primary N) is 1. The Balaban J connectivity index is 1.83. The van der Waals surface area contributed by atoms with Crippen LogP contribution in [0.25, 0.3) is 0 Å². The summed E-state index contributed by atoms with van der Waals surface area (Å²) >= 11 is 0. The Morgan fingerprint density at radius 3 is 2.05 bits per heavy atom. The zero-order valence-corrected chi connectivity index (χ0v) is 33.0. The molecule has 18 nitrogen and oxygen atoms in total. The minimum atomic E-state index is -1.36. The molecule has 0 unspecified atom stereocenters. The fraction of sp³-hybridized carbons (Fsp3) is 0.487. The van der Waals surface area contributed by atoms with Crippen molar-refractivity contribution in [3.05, 3.63) is 65.7 Å². The van der Waals surface area contributed by atoms with E-state index in [0.717, 1.165) is 0 Å². The van der Waals surface area contributed by atoms with Gasteiger partial charge in [0.15, 0.2) is 0 Å². The lowest BCUT2D eigenvalue weighted by Crippen LogP contribution is -2.57. The molecule has 0 aliphatic carbocycles. The molecule has 57 heavy (non-hydrogen) atoms. The normalized spacial score (nSPS) is 19.1. The highest BCUT2D eigenvalue weighted by Crippen LogP contribution is 2.17. The maximum atomic E-state index is 13.9. The molecule has 0 saturated carbocycles. The zero-order chi connectivity index (χ0) is 42.3. The highest BCUT2D eigenvalue weighted by molar-refractivity contribution is 5.96. The molecule has 7 amide bonds. The smallest absolute Gasteiger partial charge is 0.444 e. The Labute approximate surface area is 331 Å². The monoisotopic (exact) mass is 795 g/mol. The summed E-state index contributed by atoms with van der Waals surface area (Å²) in [6.45, 7) is 9.39. The number of benzene rings is 2. The van der Waals surface area contributed by atoms with Crippen LogP contribution in [0.2, 0.25) is 0 Å². The van der Waals surface area contributed by atoms with E-state index >= 15 is 0 Å². The van der Waals surface area contributed by atoms with Gasteiger partial charge in [-0.05, 0) is 77.6 Å². The Morgan fingerprint density at radius 1 is 0.789 bits per heavy atom. The maximum Gasteiger partial charge on any atom is 0.514 e. The average molecular weight is 796 g/mol. The molecule has 2 aromatic rings. The van der Waals surface area contributed by atoms with Crippen LogP contribution in [0, 0.1) is 0 Å². The molecule has 1 aliphatic heterocycles. The largest absolute Gasteiger partial charge is 0.514 e. The van der Waals surface area contributed by atoms with Crippen LogP contribution >= 0.6 is 0 Å². The van der Waals surface area contributed by atoms with Gasteiger partial charge < -0.3 is 51.8 Å². The maximum absolute atomic E-state index is 13.9. The Bertz CT molecular complexity index is 1760. The first-order valence-electron chi connectivity index (χ1n) is 18.4. The summed E-state index contributed by atoms with van der Waals surface area (Å²) in [6, 6.07) is 9.73. The fourth-order valence-electron chi connectivity index (χ4n) is 5.42. The van der Waals surface area contributed by atoms with Crippen molar-refractivity contribution >= 4 is 47.7 Å². The van der Waals surface area contributed by atoms with Crippen LogP contribution in [-0.4, -0.2) is 96.2 Å². The number of rotatable bonds is 10. The van der Waals surface area contributed by atoms with Gasteiger partial charge in [-0.25, -0.2) is 9.59 Å². The molecule has 1 saturated heterocycles. The molecule has 0 bridgehead atoms. The highest BCUT2D eigenvalue weighted by Gasteiger charge is 2.31. The van der Waals surface area contributed by atoms with Gasteiger partial charge in [0.25, 0.3) is 0 Å². The molecule has 310 valence electrons. The number of carbonyl (C=O) groups excluding carboxylic acids is 8. The molecule has 0 spiro atoms. The van der Waals surface area contributed by atoms with E-state index in [1.807, 2.05) is 0 Å². The third-order valence-electron chi connectivity index (χ3n) is 7.96. The number of primary amides is 1. The van der Waals surface area contributed by atoms with Gasteiger partial charge in [0.2, 0.25) is 35.4 Å². The summed E-state index contributed by atoms with van der Waals surface area (Å²) in [4.78, 5) is 104. The molecule has 0 radical (unpaired) electrons. The van der Waals surface area contributed by atoms with E-state index in [2.05, 4.69) is 31.9 Å². The number of hydrogen-bond acceptors (Lipinski definition) is 11. The molecule has 4 atom stereocenters. The molecule has 18 heteroatoms. The topological polar surface area (TPSA) is 262 Å². The minimum absolute atomic E-state index is 0.0154. The van der Waals surface area contributed by atoms with Gasteiger partial charge in [-0.1, -0.05) is 42.5 Å². The highest BCUT2D eigenvalue weighted by atomic mass is 16.7. The predicted octanol–water partition coefficient (Wildman–Crippen LogP) is 1.04. The SMILES string of the molecule is CC(C)(C)OC(=O)N[C@@H](Cc1ccc(OC(=O)OC(C)(C)C)cc1)C(=O)N[C@@H]1CCCNC(=O)[C@H](CC(N)=O)NC(=O)[C@H](Cc2ccccc2)NC(=O)CNC1=O. The summed E-state index contributed by atoms with van der Waals surface area (Å²) in [5.74, 6) is -4.45. The number of alkyl carbamates (subject to hydrolysis) is 1. The number of hydrogen-bond donors (Lipinski definition) is 7. The van der Waals surface area contributed by atoms with Crippen LogP contribution in [0.1, 0.15) is 71.9 Å². The van der Waals surface area contributed by atoms with Crippen LogP contribution in [-0.2, 0) is 51.1 Å². The molecule has 1 fully saturated rings. The second-order valence-corrected chi connectivity index (χ2v) is 15.4. The van der Waals surface area contributed by atoms with Gasteiger partial charge in [0, 0.05) is 19.4 Å². The van der Waals surface area contributed by atoms with Crippen molar-refractivity contribution in [1.29, 1.82) is 0 Å². The van der Waals surface area contributed by atoms with Gasteiger partial charge in [0.1, 0.15) is 41.1 Å². The van der Waals surface area contributed by atoms with E-state index in [0.29, 0.717) is 11.1 Å². The Kier molecular flexibility index (Phi) is 16.4. The molecule has 1 aliphatic rings. The van der Waals surface area contributed by atoms with Gasteiger partial charge in [-0.2, -0.15) is 0 Å². The summed E-state index contributed by atoms with van der Waals surface area (Å²) in [5, 5.41) is 15.3.